The van der Waals surface area contributed by atoms with Gasteiger partial charge in [0, 0.05) is 24.4 Å². The summed E-state index contributed by atoms with van der Waals surface area (Å²) in [7, 11) is 0. The number of aliphatic carboxylic acids is 1. The Bertz CT molecular complexity index is 1300. The minimum Gasteiger partial charge on any atom is -0.546 e. The second-order valence-corrected chi connectivity index (χ2v) is 9.95. The van der Waals surface area contributed by atoms with E-state index in [0.717, 1.165) is 48.6 Å². The van der Waals surface area contributed by atoms with Gasteiger partial charge >= 0.3 is 29.6 Å². The molecule has 40 heavy (non-hydrogen) atoms. The first kappa shape index (κ1) is 31.5. The molecule has 5 nitrogen and oxygen atoms in total. The number of ether oxygens (including phenoxy) is 2. The summed E-state index contributed by atoms with van der Waals surface area (Å²) in [5, 5.41) is 11.7. The molecule has 0 spiro atoms. The minimum absolute atomic E-state index is 0. The third-order valence-corrected chi connectivity index (χ3v) is 6.97. The number of carbonyl (C=O) groups excluding carboxylic acids is 1. The van der Waals surface area contributed by atoms with E-state index in [1.54, 1.807) is 0 Å². The minimum atomic E-state index is -1.22. The van der Waals surface area contributed by atoms with E-state index in [9.17, 15) is 9.90 Å². The van der Waals surface area contributed by atoms with Crippen LogP contribution in [0.4, 0.5) is 0 Å². The van der Waals surface area contributed by atoms with Gasteiger partial charge in [-0.1, -0.05) is 68.7 Å². The summed E-state index contributed by atoms with van der Waals surface area (Å²) in [5.74, 6) is 0.213. The van der Waals surface area contributed by atoms with Crippen LogP contribution < -0.4 is 44.1 Å². The van der Waals surface area contributed by atoms with Crippen LogP contribution in [0.5, 0.6) is 11.5 Å². The number of carboxylic acids is 1. The number of unbranched alkanes of at least 4 members (excludes halogenated alkanes) is 3. The molecule has 0 fully saturated rings. The number of carbonyl (C=O) groups is 1. The van der Waals surface area contributed by atoms with Gasteiger partial charge in [0.1, 0.15) is 17.6 Å². The molecule has 4 aromatic rings. The molecule has 0 aliphatic carbocycles. The van der Waals surface area contributed by atoms with E-state index in [-0.39, 0.29) is 36.0 Å². The summed E-state index contributed by atoms with van der Waals surface area (Å²) in [6.07, 6.45) is 4.92. The molecule has 0 N–H and O–H groups in total. The van der Waals surface area contributed by atoms with Gasteiger partial charge in [0.15, 0.2) is 0 Å². The summed E-state index contributed by atoms with van der Waals surface area (Å²) >= 11 is 0. The first-order chi connectivity index (χ1) is 19.0. The number of aryl methyl sites for hydroxylation is 2. The molecule has 204 valence electrons. The van der Waals surface area contributed by atoms with Gasteiger partial charge in [-0.05, 0) is 85.0 Å². The van der Waals surface area contributed by atoms with Crippen molar-refractivity contribution in [2.45, 2.75) is 65.0 Å². The molecular formula is C34H38NNaO4. The van der Waals surface area contributed by atoms with Crippen LogP contribution in [0.2, 0.25) is 0 Å². The predicted octanol–water partition coefficient (Wildman–Crippen LogP) is 3.41. The molecule has 0 radical (unpaired) electrons. The molecule has 1 atom stereocenters. The van der Waals surface area contributed by atoms with Crippen molar-refractivity contribution < 1.29 is 48.9 Å². The summed E-state index contributed by atoms with van der Waals surface area (Å²) < 4.78 is 14.0. The maximum atomic E-state index is 11.7. The van der Waals surface area contributed by atoms with Crippen LogP contribution in [0.3, 0.4) is 0 Å². The molecule has 0 bridgehead atoms. The summed E-state index contributed by atoms with van der Waals surface area (Å²) in [6, 6.07) is 29.7. The van der Waals surface area contributed by atoms with Crippen molar-refractivity contribution in [3.05, 3.63) is 108 Å². The zero-order chi connectivity index (χ0) is 27.5. The summed E-state index contributed by atoms with van der Waals surface area (Å²) in [4.78, 5) is 11.7. The molecule has 0 aliphatic heterocycles. The summed E-state index contributed by atoms with van der Waals surface area (Å²) in [5.41, 5.74) is 5.52. The van der Waals surface area contributed by atoms with Crippen LogP contribution in [-0.2, 0) is 24.2 Å². The maximum absolute atomic E-state index is 11.7. The van der Waals surface area contributed by atoms with Gasteiger partial charge in [-0.3, -0.25) is 0 Å². The molecule has 1 aromatic heterocycles. The normalized spacial score (nSPS) is 11.4. The Morgan fingerprint density at radius 3 is 2.20 bits per heavy atom. The second kappa shape index (κ2) is 16.3. The topological polar surface area (TPSA) is 63.5 Å². The molecule has 0 saturated carbocycles. The average molecular weight is 548 g/mol. The Labute approximate surface area is 260 Å². The number of benzene rings is 3. The molecule has 6 heteroatoms. The molecule has 0 amide bonds. The van der Waals surface area contributed by atoms with E-state index in [4.69, 9.17) is 9.47 Å². The number of rotatable bonds is 15. The van der Waals surface area contributed by atoms with Crippen molar-refractivity contribution in [2.75, 3.05) is 6.61 Å². The Kier molecular flexibility index (Phi) is 12.9. The third kappa shape index (κ3) is 9.29. The second-order valence-electron chi connectivity index (χ2n) is 9.95. The van der Waals surface area contributed by atoms with Crippen molar-refractivity contribution in [3.63, 3.8) is 0 Å². The Morgan fingerprint density at radius 1 is 0.825 bits per heavy atom. The van der Waals surface area contributed by atoms with Gasteiger partial charge in [-0.15, -0.1) is 0 Å². The smallest absolute Gasteiger partial charge is 0.546 e. The van der Waals surface area contributed by atoms with Gasteiger partial charge in [-0.2, -0.15) is 0 Å². The largest absolute Gasteiger partial charge is 1.00 e. The van der Waals surface area contributed by atoms with Gasteiger partial charge in [0.05, 0.1) is 12.6 Å². The Balaban J connectivity index is 0.00000441. The molecule has 1 heterocycles. The predicted molar refractivity (Wildman–Crippen MR) is 154 cm³/mol. The van der Waals surface area contributed by atoms with Crippen LogP contribution in [0.25, 0.3) is 11.3 Å². The van der Waals surface area contributed by atoms with E-state index in [2.05, 4.69) is 54.8 Å². The fourth-order valence-electron chi connectivity index (χ4n) is 4.70. The van der Waals surface area contributed by atoms with Crippen LogP contribution in [0, 0.1) is 6.92 Å². The monoisotopic (exact) mass is 547 g/mol. The molecule has 3 aromatic carbocycles. The van der Waals surface area contributed by atoms with E-state index in [1.165, 1.54) is 30.5 Å². The zero-order valence-electron chi connectivity index (χ0n) is 24.0. The first-order valence-electron chi connectivity index (χ1n) is 13.9. The van der Waals surface area contributed by atoms with Gasteiger partial charge in [0.25, 0.3) is 0 Å². The van der Waals surface area contributed by atoms with Crippen LogP contribution >= 0.6 is 0 Å². The quantitative estimate of drug-likeness (QED) is 0.169. The van der Waals surface area contributed by atoms with E-state index < -0.39 is 12.1 Å². The van der Waals surface area contributed by atoms with Gasteiger partial charge in [0.2, 0.25) is 0 Å². The molecule has 0 saturated heterocycles. The first-order valence-corrected chi connectivity index (χ1v) is 13.9. The van der Waals surface area contributed by atoms with Gasteiger partial charge in [-0.25, -0.2) is 0 Å². The SMILES string of the molecule is CCCCCCOc1ccc(CCn2c(C)ccc2-c2ccc(O[C@H](Cc3ccccc3)C(=O)[O-])cc2)cc1.[Na+]. The van der Waals surface area contributed by atoms with Crippen molar-refractivity contribution >= 4 is 5.97 Å². The fraction of sp³-hybridized carbons (Fsp3) is 0.324. The average Bonchev–Trinajstić information content (AvgIpc) is 3.33. The van der Waals surface area contributed by atoms with E-state index in [1.807, 2.05) is 54.6 Å². The Morgan fingerprint density at radius 2 is 1.52 bits per heavy atom. The van der Waals surface area contributed by atoms with Gasteiger partial charge < -0.3 is 23.9 Å². The number of hydrogen-bond donors (Lipinski definition) is 0. The molecule has 4 rings (SSSR count). The molecule has 0 aliphatic rings. The maximum Gasteiger partial charge on any atom is 1.00 e. The number of hydrogen-bond acceptors (Lipinski definition) is 4. The van der Waals surface area contributed by atoms with Crippen molar-refractivity contribution in [3.8, 4) is 22.8 Å². The van der Waals surface area contributed by atoms with Crippen molar-refractivity contribution in [2.24, 2.45) is 0 Å². The van der Waals surface area contributed by atoms with Crippen LogP contribution in [-0.4, -0.2) is 23.2 Å². The number of aromatic nitrogens is 1. The third-order valence-electron chi connectivity index (χ3n) is 6.97. The van der Waals surface area contributed by atoms with E-state index in [0.29, 0.717) is 5.75 Å². The van der Waals surface area contributed by atoms with E-state index >= 15 is 0 Å². The molecular weight excluding hydrogens is 509 g/mol. The van der Waals surface area contributed by atoms with Crippen molar-refractivity contribution in [1.29, 1.82) is 0 Å². The van der Waals surface area contributed by atoms with Crippen molar-refractivity contribution in [1.82, 2.24) is 4.57 Å². The van der Waals surface area contributed by atoms with Crippen LogP contribution in [0.1, 0.15) is 49.4 Å². The number of carboxylic acid groups (broad SMARTS) is 1. The summed E-state index contributed by atoms with van der Waals surface area (Å²) in [6.45, 7) is 5.96. The fourth-order valence-corrected chi connectivity index (χ4v) is 4.70. The standard InChI is InChI=1S/C34H39NO4.Na/c1-3-4-5-9-24-38-30-17-13-27(14-18-30)22-23-35-26(2)12-21-32(35)29-15-19-31(20-16-29)39-33(34(36)37)25-28-10-7-6-8-11-28;/h6-8,10-21,33H,3-5,9,22-25H2,1-2H3,(H,36,37);/q;+1/p-1/t33-;/m1./s1. The molecule has 0 unspecified atom stereocenters. The van der Waals surface area contributed by atoms with Crippen LogP contribution in [0.15, 0.2) is 91.0 Å². The zero-order valence-corrected chi connectivity index (χ0v) is 26.0. The Hall–Kier alpha value is -2.99. The number of nitrogens with zero attached hydrogens (tertiary/aromatic N) is 1.